The summed E-state index contributed by atoms with van der Waals surface area (Å²) in [4.78, 5) is 46.6. The van der Waals surface area contributed by atoms with Crippen LogP contribution in [0, 0.1) is 12.7 Å². The number of carbonyl (C=O) groups is 2. The normalized spacial score (nSPS) is 16.2. The standard InChI is InChI=1S/C26H27F4N7O4/c1-15-22(35-9-7-34(8-10-35)16(2)38)24(40)37-25(32-23(33-37)17-5-11-41-12-6-17)36(15)14-21(39)31-20-4-3-18(13-19(20)27)26(28,29)30/h3-5,13H,6-12,14H2,1-2H3,(H,31,39). The van der Waals surface area contributed by atoms with Crippen molar-refractivity contribution < 1.29 is 31.9 Å². The van der Waals surface area contributed by atoms with Gasteiger partial charge < -0.3 is 24.4 Å². The Labute approximate surface area is 231 Å². The Bertz CT molecular complexity index is 1600. The lowest BCUT2D eigenvalue weighted by Crippen LogP contribution is -2.50. The minimum Gasteiger partial charge on any atom is -0.377 e. The summed E-state index contributed by atoms with van der Waals surface area (Å²) in [5.74, 6) is -1.70. The van der Waals surface area contributed by atoms with Crippen LogP contribution in [-0.2, 0) is 27.0 Å². The number of anilines is 2. The van der Waals surface area contributed by atoms with Crippen LogP contribution in [0.4, 0.5) is 28.9 Å². The lowest BCUT2D eigenvalue weighted by atomic mass is 10.1. The number of nitrogens with one attached hydrogen (secondary N) is 1. The molecule has 2 aliphatic rings. The average molecular weight is 578 g/mol. The third kappa shape index (κ3) is 5.66. The van der Waals surface area contributed by atoms with Gasteiger partial charge in [0.05, 0.1) is 24.5 Å². The van der Waals surface area contributed by atoms with Gasteiger partial charge in [-0.3, -0.25) is 14.4 Å². The highest BCUT2D eigenvalue weighted by atomic mass is 19.4. The van der Waals surface area contributed by atoms with Gasteiger partial charge in [-0.1, -0.05) is 6.08 Å². The Balaban J connectivity index is 1.52. The van der Waals surface area contributed by atoms with E-state index >= 15 is 0 Å². The van der Waals surface area contributed by atoms with Crippen LogP contribution < -0.4 is 15.8 Å². The van der Waals surface area contributed by atoms with Crippen LogP contribution in [0.1, 0.15) is 30.4 Å². The third-order valence-corrected chi connectivity index (χ3v) is 7.14. The van der Waals surface area contributed by atoms with Crippen molar-refractivity contribution in [3.8, 4) is 0 Å². The topological polar surface area (TPSA) is 114 Å². The van der Waals surface area contributed by atoms with E-state index in [1.54, 1.807) is 11.8 Å². The molecule has 0 saturated carbocycles. The lowest BCUT2D eigenvalue weighted by molar-refractivity contribution is -0.137. The second-order valence-corrected chi connectivity index (χ2v) is 9.76. The molecule has 218 valence electrons. The lowest BCUT2D eigenvalue weighted by Gasteiger charge is -2.36. The fraction of sp³-hybridized carbons (Fsp3) is 0.423. The molecule has 0 spiro atoms. The molecule has 0 radical (unpaired) electrons. The van der Waals surface area contributed by atoms with Crippen LogP contribution in [0.2, 0.25) is 0 Å². The molecule has 0 atom stereocenters. The molecule has 0 unspecified atom stereocenters. The van der Waals surface area contributed by atoms with Gasteiger partial charge in [0, 0.05) is 38.8 Å². The first-order valence-corrected chi connectivity index (χ1v) is 12.9. The first-order valence-electron chi connectivity index (χ1n) is 12.9. The number of benzene rings is 1. The number of halogens is 4. The number of aromatic nitrogens is 4. The Morgan fingerprint density at radius 2 is 1.88 bits per heavy atom. The van der Waals surface area contributed by atoms with Crippen LogP contribution in [0.15, 0.2) is 29.1 Å². The number of nitrogens with zero attached hydrogens (tertiary/aromatic N) is 6. The first-order chi connectivity index (χ1) is 19.4. The Morgan fingerprint density at radius 3 is 2.49 bits per heavy atom. The van der Waals surface area contributed by atoms with Gasteiger partial charge in [0.2, 0.25) is 17.6 Å². The number of ether oxygens (including phenoxy) is 1. The number of piperazine rings is 1. The monoisotopic (exact) mass is 577 g/mol. The Kier molecular flexibility index (Phi) is 7.55. The summed E-state index contributed by atoms with van der Waals surface area (Å²) >= 11 is 0. The van der Waals surface area contributed by atoms with E-state index in [0.717, 1.165) is 16.2 Å². The predicted molar refractivity (Wildman–Crippen MR) is 140 cm³/mol. The summed E-state index contributed by atoms with van der Waals surface area (Å²) in [5, 5.41) is 6.74. The second kappa shape index (κ2) is 11.0. The minimum atomic E-state index is -4.74. The zero-order chi connectivity index (χ0) is 29.5. The molecule has 5 rings (SSSR count). The van der Waals surface area contributed by atoms with Gasteiger partial charge in [-0.25, -0.2) is 4.39 Å². The zero-order valence-corrected chi connectivity index (χ0v) is 22.3. The van der Waals surface area contributed by atoms with Crippen molar-refractivity contribution in [1.82, 2.24) is 24.1 Å². The molecule has 1 N–H and O–H groups in total. The van der Waals surface area contributed by atoms with Crippen molar-refractivity contribution in [3.63, 3.8) is 0 Å². The van der Waals surface area contributed by atoms with E-state index in [1.807, 2.05) is 11.0 Å². The summed E-state index contributed by atoms with van der Waals surface area (Å²) in [6.45, 7) is 5.03. The molecule has 0 bridgehead atoms. The van der Waals surface area contributed by atoms with Gasteiger partial charge in [-0.05, 0) is 37.1 Å². The third-order valence-electron chi connectivity index (χ3n) is 7.14. The van der Waals surface area contributed by atoms with Gasteiger partial charge in [0.15, 0.2) is 5.82 Å². The summed E-state index contributed by atoms with van der Waals surface area (Å²) in [6, 6.07) is 1.83. The molecule has 1 fully saturated rings. The van der Waals surface area contributed by atoms with Crippen molar-refractivity contribution in [3.05, 3.63) is 57.5 Å². The maximum atomic E-state index is 14.4. The number of fused-ring (bicyclic) bond motifs is 1. The van der Waals surface area contributed by atoms with E-state index in [2.05, 4.69) is 15.4 Å². The van der Waals surface area contributed by atoms with E-state index in [-0.39, 0.29) is 17.4 Å². The van der Waals surface area contributed by atoms with Gasteiger partial charge in [-0.2, -0.15) is 22.7 Å². The van der Waals surface area contributed by atoms with Crippen LogP contribution >= 0.6 is 0 Å². The van der Waals surface area contributed by atoms with Crippen molar-refractivity contribution in [2.45, 2.75) is 33.0 Å². The van der Waals surface area contributed by atoms with Crippen molar-refractivity contribution in [2.75, 3.05) is 49.6 Å². The SMILES string of the molecule is CC(=O)N1CCN(c2c(C)n(CC(=O)Nc3ccc(C(F)(F)F)cc3F)c3nc(C4=CCOCC4)nn3c2=O)CC1. The van der Waals surface area contributed by atoms with Gasteiger partial charge >= 0.3 is 6.18 Å². The molecule has 11 nitrogen and oxygen atoms in total. The van der Waals surface area contributed by atoms with E-state index in [1.165, 1.54) is 11.5 Å². The predicted octanol–water partition coefficient (Wildman–Crippen LogP) is 2.47. The Morgan fingerprint density at radius 1 is 1.15 bits per heavy atom. The molecule has 3 aromatic rings. The van der Waals surface area contributed by atoms with E-state index < -0.39 is 41.3 Å². The number of carbonyl (C=O) groups excluding carboxylic acids is 2. The zero-order valence-electron chi connectivity index (χ0n) is 22.3. The molecule has 2 aromatic heterocycles. The summed E-state index contributed by atoms with van der Waals surface area (Å²) in [5.41, 5.74) is -0.623. The van der Waals surface area contributed by atoms with Gasteiger partial charge in [-0.15, -0.1) is 5.10 Å². The highest BCUT2D eigenvalue weighted by Crippen LogP contribution is 2.31. The molecule has 41 heavy (non-hydrogen) atoms. The quantitative estimate of drug-likeness (QED) is 0.464. The van der Waals surface area contributed by atoms with Crippen LogP contribution in [-0.4, -0.2) is 75.3 Å². The molecule has 1 aromatic carbocycles. The van der Waals surface area contributed by atoms with E-state index in [4.69, 9.17) is 4.74 Å². The fourth-order valence-corrected chi connectivity index (χ4v) is 4.94. The van der Waals surface area contributed by atoms with Gasteiger partial charge in [0.25, 0.3) is 5.56 Å². The van der Waals surface area contributed by atoms with Gasteiger partial charge in [0.1, 0.15) is 18.0 Å². The van der Waals surface area contributed by atoms with Crippen molar-refractivity contribution >= 4 is 34.5 Å². The highest BCUT2D eigenvalue weighted by molar-refractivity contribution is 5.91. The minimum absolute atomic E-state index is 0.0732. The fourth-order valence-electron chi connectivity index (χ4n) is 4.94. The molecular weight excluding hydrogens is 550 g/mol. The van der Waals surface area contributed by atoms with Crippen LogP contribution in [0.25, 0.3) is 11.4 Å². The van der Waals surface area contributed by atoms with E-state index in [0.29, 0.717) is 69.5 Å². The molecular formula is C26H27F4N7O4. The maximum Gasteiger partial charge on any atom is 0.416 e. The van der Waals surface area contributed by atoms with E-state index in [9.17, 15) is 31.9 Å². The second-order valence-electron chi connectivity index (χ2n) is 9.76. The van der Waals surface area contributed by atoms with Crippen molar-refractivity contribution in [2.24, 2.45) is 0 Å². The first kappa shape index (κ1) is 28.3. The average Bonchev–Trinajstić information content (AvgIpc) is 3.38. The molecule has 15 heteroatoms. The van der Waals surface area contributed by atoms with Crippen LogP contribution in [0.5, 0.6) is 0 Å². The number of amides is 2. The molecule has 2 amide bonds. The summed E-state index contributed by atoms with van der Waals surface area (Å²) in [7, 11) is 0. The summed E-state index contributed by atoms with van der Waals surface area (Å²) < 4.78 is 61.1. The molecule has 2 aliphatic heterocycles. The number of alkyl halides is 3. The summed E-state index contributed by atoms with van der Waals surface area (Å²) in [6.07, 6.45) is -2.40. The van der Waals surface area contributed by atoms with Crippen molar-refractivity contribution in [1.29, 1.82) is 0 Å². The largest absolute Gasteiger partial charge is 0.416 e. The molecule has 1 saturated heterocycles. The maximum absolute atomic E-state index is 14.4. The van der Waals surface area contributed by atoms with Crippen LogP contribution in [0.3, 0.4) is 0 Å². The smallest absolute Gasteiger partial charge is 0.377 e. The number of hydrogen-bond donors (Lipinski definition) is 1. The number of hydrogen-bond acceptors (Lipinski definition) is 7. The molecule has 0 aliphatic carbocycles. The molecule has 4 heterocycles. The Hall–Kier alpha value is -4.27. The number of rotatable bonds is 5. The highest BCUT2D eigenvalue weighted by Gasteiger charge is 2.32.